The van der Waals surface area contributed by atoms with Crippen molar-refractivity contribution in [2.75, 3.05) is 18.5 Å². The number of Topliss-reactive ketones (excluding diaryl/α,β-unsaturated/α-hetero) is 1. The minimum atomic E-state index is -0.699. The number of hydrogen-bond acceptors (Lipinski definition) is 4. The summed E-state index contributed by atoms with van der Waals surface area (Å²) in [4.78, 5) is 24.8. The van der Waals surface area contributed by atoms with Gasteiger partial charge in [0.15, 0.2) is 11.9 Å². The van der Waals surface area contributed by atoms with Crippen LogP contribution >= 0.6 is 0 Å². The Morgan fingerprint density at radius 3 is 2.28 bits per heavy atom. The van der Waals surface area contributed by atoms with Crippen LogP contribution in [-0.4, -0.2) is 31.4 Å². The standard InChI is InChI=1S/C14H19NO3/c1-5-15(4)13-8-6-12(7-9-13)14(17)18-11(3)10(2)16/h6-9,11H,5H2,1-4H3/t11-/m1/s1. The Labute approximate surface area is 108 Å². The van der Waals surface area contributed by atoms with E-state index in [-0.39, 0.29) is 5.78 Å². The van der Waals surface area contributed by atoms with Gasteiger partial charge in [0.05, 0.1) is 5.56 Å². The molecule has 0 saturated carbocycles. The fraction of sp³-hybridized carbons (Fsp3) is 0.429. The zero-order chi connectivity index (χ0) is 13.7. The third-order valence-corrected chi connectivity index (χ3v) is 2.87. The SMILES string of the molecule is CCN(C)c1ccc(C(=O)O[C@H](C)C(C)=O)cc1. The van der Waals surface area contributed by atoms with Crippen LogP contribution in [0.5, 0.6) is 0 Å². The summed E-state index contributed by atoms with van der Waals surface area (Å²) < 4.78 is 5.02. The molecular weight excluding hydrogens is 230 g/mol. The Kier molecular flexibility index (Phi) is 4.89. The maximum atomic E-state index is 11.7. The first-order valence-electron chi connectivity index (χ1n) is 5.98. The van der Waals surface area contributed by atoms with Gasteiger partial charge in [0.25, 0.3) is 0 Å². The molecule has 1 aromatic carbocycles. The van der Waals surface area contributed by atoms with Crippen LogP contribution in [0.25, 0.3) is 0 Å². The zero-order valence-electron chi connectivity index (χ0n) is 11.3. The summed E-state index contributed by atoms with van der Waals surface area (Å²) >= 11 is 0. The van der Waals surface area contributed by atoms with Crippen molar-refractivity contribution in [3.63, 3.8) is 0 Å². The van der Waals surface area contributed by atoms with E-state index in [1.807, 2.05) is 19.2 Å². The highest BCUT2D eigenvalue weighted by Gasteiger charge is 2.15. The Morgan fingerprint density at radius 1 is 1.28 bits per heavy atom. The predicted octanol–water partition coefficient (Wildman–Crippen LogP) is 2.28. The van der Waals surface area contributed by atoms with Crippen LogP contribution in [0, 0.1) is 0 Å². The average molecular weight is 249 g/mol. The van der Waals surface area contributed by atoms with Gasteiger partial charge in [0.2, 0.25) is 0 Å². The van der Waals surface area contributed by atoms with Crippen molar-refractivity contribution in [2.45, 2.75) is 26.9 Å². The molecule has 1 aromatic rings. The van der Waals surface area contributed by atoms with Crippen LogP contribution in [0.4, 0.5) is 5.69 Å². The van der Waals surface area contributed by atoms with Crippen LogP contribution < -0.4 is 4.90 Å². The second kappa shape index (κ2) is 6.19. The topological polar surface area (TPSA) is 46.6 Å². The fourth-order valence-corrected chi connectivity index (χ4v) is 1.35. The molecule has 0 N–H and O–H groups in total. The van der Waals surface area contributed by atoms with Crippen molar-refractivity contribution in [3.05, 3.63) is 29.8 Å². The molecule has 0 heterocycles. The summed E-state index contributed by atoms with van der Waals surface area (Å²) in [6, 6.07) is 7.13. The van der Waals surface area contributed by atoms with Gasteiger partial charge in [-0.3, -0.25) is 4.79 Å². The van der Waals surface area contributed by atoms with Crippen molar-refractivity contribution < 1.29 is 14.3 Å². The second-order valence-corrected chi connectivity index (χ2v) is 4.22. The van der Waals surface area contributed by atoms with Gasteiger partial charge in [-0.1, -0.05) is 0 Å². The van der Waals surface area contributed by atoms with Crippen LogP contribution in [0.15, 0.2) is 24.3 Å². The normalized spacial score (nSPS) is 11.8. The quantitative estimate of drug-likeness (QED) is 0.751. The average Bonchev–Trinajstić information content (AvgIpc) is 2.37. The summed E-state index contributed by atoms with van der Waals surface area (Å²) in [6.07, 6.45) is -0.699. The van der Waals surface area contributed by atoms with E-state index in [2.05, 4.69) is 11.8 Å². The molecule has 0 aliphatic heterocycles. The molecule has 1 rings (SSSR count). The minimum Gasteiger partial charge on any atom is -0.451 e. The summed E-state index contributed by atoms with van der Waals surface area (Å²) in [7, 11) is 1.98. The second-order valence-electron chi connectivity index (χ2n) is 4.22. The molecule has 0 unspecified atom stereocenters. The highest BCUT2D eigenvalue weighted by Crippen LogP contribution is 2.14. The van der Waals surface area contributed by atoms with E-state index in [0.29, 0.717) is 5.56 Å². The van der Waals surface area contributed by atoms with E-state index in [0.717, 1.165) is 12.2 Å². The molecule has 0 aromatic heterocycles. The predicted molar refractivity (Wildman–Crippen MR) is 70.9 cm³/mol. The smallest absolute Gasteiger partial charge is 0.338 e. The van der Waals surface area contributed by atoms with Gasteiger partial charge >= 0.3 is 5.97 Å². The number of esters is 1. The Bertz CT molecular complexity index is 425. The van der Waals surface area contributed by atoms with Crippen molar-refractivity contribution in [2.24, 2.45) is 0 Å². The lowest BCUT2D eigenvalue weighted by Gasteiger charge is -2.17. The number of hydrogen-bond donors (Lipinski definition) is 0. The van der Waals surface area contributed by atoms with Gasteiger partial charge in [-0.15, -0.1) is 0 Å². The first-order chi connectivity index (χ1) is 8.45. The van der Waals surface area contributed by atoms with Crippen molar-refractivity contribution in [1.29, 1.82) is 0 Å². The molecule has 0 fully saturated rings. The first-order valence-corrected chi connectivity index (χ1v) is 5.98. The molecule has 0 radical (unpaired) electrons. The molecule has 4 nitrogen and oxygen atoms in total. The molecular formula is C14H19NO3. The highest BCUT2D eigenvalue weighted by molar-refractivity contribution is 5.92. The van der Waals surface area contributed by atoms with Gasteiger partial charge < -0.3 is 9.64 Å². The third-order valence-electron chi connectivity index (χ3n) is 2.87. The monoisotopic (exact) mass is 249 g/mol. The van der Waals surface area contributed by atoms with Crippen molar-refractivity contribution >= 4 is 17.4 Å². The molecule has 18 heavy (non-hydrogen) atoms. The van der Waals surface area contributed by atoms with Gasteiger partial charge in [0.1, 0.15) is 0 Å². The maximum absolute atomic E-state index is 11.7. The fourth-order valence-electron chi connectivity index (χ4n) is 1.35. The van der Waals surface area contributed by atoms with E-state index >= 15 is 0 Å². The number of anilines is 1. The largest absolute Gasteiger partial charge is 0.451 e. The number of carbonyl (C=O) groups is 2. The lowest BCUT2D eigenvalue weighted by Crippen LogP contribution is -2.22. The molecule has 0 amide bonds. The molecule has 0 bridgehead atoms. The van der Waals surface area contributed by atoms with Crippen LogP contribution in [-0.2, 0) is 9.53 Å². The van der Waals surface area contributed by atoms with E-state index in [9.17, 15) is 9.59 Å². The number of ketones is 1. The van der Waals surface area contributed by atoms with E-state index in [1.165, 1.54) is 6.92 Å². The highest BCUT2D eigenvalue weighted by atomic mass is 16.5. The molecule has 98 valence electrons. The Balaban J connectivity index is 2.73. The van der Waals surface area contributed by atoms with Gasteiger partial charge in [-0.05, 0) is 45.0 Å². The lowest BCUT2D eigenvalue weighted by atomic mass is 10.2. The molecule has 4 heteroatoms. The van der Waals surface area contributed by atoms with Crippen LogP contribution in [0.1, 0.15) is 31.1 Å². The van der Waals surface area contributed by atoms with Gasteiger partial charge in [-0.25, -0.2) is 4.79 Å². The lowest BCUT2D eigenvalue weighted by molar-refractivity contribution is -0.124. The summed E-state index contributed by atoms with van der Waals surface area (Å²) in [5.74, 6) is -0.630. The van der Waals surface area contributed by atoms with Gasteiger partial charge in [-0.2, -0.15) is 0 Å². The maximum Gasteiger partial charge on any atom is 0.338 e. The van der Waals surface area contributed by atoms with E-state index in [4.69, 9.17) is 4.74 Å². The van der Waals surface area contributed by atoms with Gasteiger partial charge in [0, 0.05) is 19.3 Å². The van der Waals surface area contributed by atoms with Crippen molar-refractivity contribution in [1.82, 2.24) is 0 Å². The van der Waals surface area contributed by atoms with Crippen molar-refractivity contribution in [3.8, 4) is 0 Å². The number of ether oxygens (including phenoxy) is 1. The molecule has 0 aliphatic carbocycles. The molecule has 0 aliphatic rings. The number of benzene rings is 1. The minimum absolute atomic E-state index is 0.161. The number of nitrogens with zero attached hydrogens (tertiary/aromatic N) is 1. The molecule has 0 saturated heterocycles. The van der Waals surface area contributed by atoms with Crippen LogP contribution in [0.2, 0.25) is 0 Å². The first kappa shape index (κ1) is 14.2. The summed E-state index contributed by atoms with van der Waals surface area (Å²) in [5.41, 5.74) is 1.49. The Morgan fingerprint density at radius 2 is 1.83 bits per heavy atom. The number of rotatable bonds is 5. The molecule has 0 spiro atoms. The third kappa shape index (κ3) is 3.58. The van der Waals surface area contributed by atoms with E-state index < -0.39 is 12.1 Å². The molecule has 1 atom stereocenters. The zero-order valence-corrected chi connectivity index (χ0v) is 11.3. The van der Waals surface area contributed by atoms with Crippen LogP contribution in [0.3, 0.4) is 0 Å². The Hall–Kier alpha value is -1.84. The van der Waals surface area contributed by atoms with E-state index in [1.54, 1.807) is 19.1 Å². The number of carbonyl (C=O) groups excluding carboxylic acids is 2. The summed E-state index contributed by atoms with van der Waals surface area (Å²) in [6.45, 7) is 5.92. The summed E-state index contributed by atoms with van der Waals surface area (Å²) in [5, 5.41) is 0.